The van der Waals surface area contributed by atoms with Crippen LogP contribution in [-0.4, -0.2) is 10.8 Å². The molecule has 17 heavy (non-hydrogen) atoms. The van der Waals surface area contributed by atoms with Crippen molar-refractivity contribution in [2.45, 2.75) is 13.3 Å². The van der Waals surface area contributed by atoms with Gasteiger partial charge in [0.1, 0.15) is 15.7 Å². The quantitative estimate of drug-likeness (QED) is 0.645. The molecule has 0 unspecified atom stereocenters. The minimum atomic E-state index is 0.0293. The van der Waals surface area contributed by atoms with Gasteiger partial charge in [-0.3, -0.25) is 4.79 Å². The highest BCUT2D eigenvalue weighted by atomic mass is 32.1. The number of rotatable bonds is 3. The predicted molar refractivity (Wildman–Crippen MR) is 71.0 cm³/mol. The first-order valence-electron chi connectivity index (χ1n) is 5.27. The van der Waals surface area contributed by atoms with E-state index in [4.69, 9.17) is 11.5 Å². The van der Waals surface area contributed by atoms with Crippen LogP contribution in [0.3, 0.4) is 0 Å². The largest absolute Gasteiger partial charge is 0.399 e. The van der Waals surface area contributed by atoms with E-state index < -0.39 is 0 Å². The Labute approximate surface area is 103 Å². The number of nitrogens with two attached hydrogens (primary N) is 2. The summed E-state index contributed by atoms with van der Waals surface area (Å²) in [6, 6.07) is 7.34. The van der Waals surface area contributed by atoms with E-state index in [-0.39, 0.29) is 5.78 Å². The summed E-state index contributed by atoms with van der Waals surface area (Å²) in [5.74, 6) is 0.343. The van der Waals surface area contributed by atoms with E-state index in [1.807, 2.05) is 19.1 Å². The smallest absolute Gasteiger partial charge is 0.176 e. The molecule has 0 aliphatic carbocycles. The van der Waals surface area contributed by atoms with Gasteiger partial charge in [-0.15, -0.1) is 11.3 Å². The molecule has 2 rings (SSSR count). The van der Waals surface area contributed by atoms with Crippen molar-refractivity contribution in [2.24, 2.45) is 0 Å². The van der Waals surface area contributed by atoms with Crippen LogP contribution in [0.25, 0.3) is 10.6 Å². The van der Waals surface area contributed by atoms with Crippen molar-refractivity contribution in [1.82, 2.24) is 4.98 Å². The maximum atomic E-state index is 11.6. The Hall–Kier alpha value is -1.88. The number of nitrogens with zero attached hydrogens (tertiary/aromatic N) is 1. The lowest BCUT2D eigenvalue weighted by Crippen LogP contribution is -1.98. The van der Waals surface area contributed by atoms with Gasteiger partial charge in [-0.05, 0) is 24.3 Å². The molecule has 0 aliphatic rings. The average Bonchev–Trinajstić information content (AvgIpc) is 2.71. The van der Waals surface area contributed by atoms with Crippen LogP contribution in [0.5, 0.6) is 0 Å². The number of nitrogen functional groups attached to an aromatic ring is 2. The summed E-state index contributed by atoms with van der Waals surface area (Å²) in [4.78, 5) is 16.4. The van der Waals surface area contributed by atoms with Gasteiger partial charge < -0.3 is 11.5 Å². The molecule has 0 amide bonds. The van der Waals surface area contributed by atoms with Crippen LogP contribution in [-0.2, 0) is 0 Å². The first-order chi connectivity index (χ1) is 8.11. The Balaban J connectivity index is 2.41. The van der Waals surface area contributed by atoms with Gasteiger partial charge in [0, 0.05) is 17.7 Å². The van der Waals surface area contributed by atoms with Crippen molar-refractivity contribution in [1.29, 1.82) is 0 Å². The van der Waals surface area contributed by atoms with E-state index >= 15 is 0 Å². The van der Waals surface area contributed by atoms with E-state index in [9.17, 15) is 4.79 Å². The molecule has 0 saturated heterocycles. The van der Waals surface area contributed by atoms with Gasteiger partial charge in [0.2, 0.25) is 0 Å². The van der Waals surface area contributed by atoms with Gasteiger partial charge in [-0.2, -0.15) is 0 Å². The summed E-state index contributed by atoms with van der Waals surface area (Å²) in [5, 5.41) is 0.749. The van der Waals surface area contributed by atoms with Crippen LogP contribution in [0.1, 0.15) is 23.0 Å². The number of hydrogen-bond acceptors (Lipinski definition) is 5. The fourth-order valence-electron chi connectivity index (χ4n) is 1.44. The third-order valence-corrected chi connectivity index (χ3v) is 3.55. The molecule has 1 aromatic heterocycles. The molecule has 2 aromatic rings. The van der Waals surface area contributed by atoms with Crippen LogP contribution >= 0.6 is 11.3 Å². The predicted octanol–water partition coefficient (Wildman–Crippen LogP) is 2.57. The van der Waals surface area contributed by atoms with Crippen LogP contribution in [0.4, 0.5) is 11.5 Å². The third kappa shape index (κ3) is 2.29. The van der Waals surface area contributed by atoms with E-state index in [0.717, 1.165) is 10.6 Å². The Morgan fingerprint density at radius 3 is 2.53 bits per heavy atom. The van der Waals surface area contributed by atoms with Crippen LogP contribution < -0.4 is 11.5 Å². The number of Topliss-reactive ketones (excluding diaryl/α,β-unsaturated/α-hetero) is 1. The first-order valence-corrected chi connectivity index (χ1v) is 6.09. The molecule has 1 aromatic carbocycles. The maximum Gasteiger partial charge on any atom is 0.176 e. The van der Waals surface area contributed by atoms with Crippen molar-refractivity contribution in [2.75, 3.05) is 11.5 Å². The number of benzene rings is 1. The lowest BCUT2D eigenvalue weighted by Gasteiger charge is -1.96. The zero-order chi connectivity index (χ0) is 12.4. The Bertz CT molecular complexity index is 545. The van der Waals surface area contributed by atoms with Crippen molar-refractivity contribution in [3.8, 4) is 10.6 Å². The molecule has 0 fully saturated rings. The number of ketones is 1. The summed E-state index contributed by atoms with van der Waals surface area (Å²) < 4.78 is 0. The number of thiazole rings is 1. The molecule has 4 N–H and O–H groups in total. The minimum Gasteiger partial charge on any atom is -0.399 e. The molecule has 0 radical (unpaired) electrons. The van der Waals surface area contributed by atoms with Gasteiger partial charge in [0.15, 0.2) is 5.78 Å². The number of carbonyl (C=O) groups excluding carboxylic acids is 1. The highest BCUT2D eigenvalue weighted by molar-refractivity contribution is 7.17. The maximum absolute atomic E-state index is 11.6. The molecule has 1 heterocycles. The molecule has 0 spiro atoms. The monoisotopic (exact) mass is 247 g/mol. The van der Waals surface area contributed by atoms with Crippen molar-refractivity contribution >= 4 is 28.6 Å². The molecule has 0 atom stereocenters. The summed E-state index contributed by atoms with van der Waals surface area (Å²) in [7, 11) is 0. The van der Waals surface area contributed by atoms with E-state index in [0.29, 0.717) is 22.8 Å². The first kappa shape index (κ1) is 11.6. The van der Waals surface area contributed by atoms with E-state index in [1.165, 1.54) is 11.3 Å². The molecule has 0 aliphatic heterocycles. The number of hydrogen-bond donors (Lipinski definition) is 2. The Morgan fingerprint density at radius 1 is 1.29 bits per heavy atom. The highest BCUT2D eigenvalue weighted by Gasteiger charge is 2.15. The summed E-state index contributed by atoms with van der Waals surface area (Å²) >= 11 is 1.32. The standard InChI is InChI=1S/C12H13N3OS/c1-2-9(16)10-11(14)15-12(17-10)7-3-5-8(13)6-4-7/h3-6H,2,13-14H2,1H3. The Kier molecular flexibility index (Phi) is 3.10. The Morgan fingerprint density at radius 2 is 1.94 bits per heavy atom. The van der Waals surface area contributed by atoms with E-state index in [1.54, 1.807) is 12.1 Å². The fourth-order valence-corrected chi connectivity index (χ4v) is 2.44. The molecule has 88 valence electrons. The molecule has 5 heteroatoms. The van der Waals surface area contributed by atoms with Crippen LogP contribution in [0.2, 0.25) is 0 Å². The molecular formula is C12H13N3OS. The lowest BCUT2D eigenvalue weighted by atomic mass is 10.2. The van der Waals surface area contributed by atoms with Crippen LogP contribution in [0.15, 0.2) is 24.3 Å². The van der Waals surface area contributed by atoms with Gasteiger partial charge >= 0.3 is 0 Å². The van der Waals surface area contributed by atoms with Gasteiger partial charge in [0.25, 0.3) is 0 Å². The normalized spacial score (nSPS) is 10.4. The van der Waals surface area contributed by atoms with Crippen LogP contribution in [0, 0.1) is 0 Å². The molecular weight excluding hydrogens is 234 g/mol. The van der Waals surface area contributed by atoms with Gasteiger partial charge in [0.05, 0.1) is 0 Å². The molecule has 0 saturated carbocycles. The topological polar surface area (TPSA) is 82.0 Å². The number of carbonyl (C=O) groups is 1. The second-order valence-electron chi connectivity index (χ2n) is 3.63. The third-order valence-electron chi connectivity index (χ3n) is 2.39. The van der Waals surface area contributed by atoms with Crippen molar-refractivity contribution < 1.29 is 4.79 Å². The highest BCUT2D eigenvalue weighted by Crippen LogP contribution is 2.30. The average molecular weight is 247 g/mol. The van der Waals surface area contributed by atoms with Gasteiger partial charge in [-0.25, -0.2) is 4.98 Å². The van der Waals surface area contributed by atoms with Crippen molar-refractivity contribution in [3.63, 3.8) is 0 Å². The minimum absolute atomic E-state index is 0.0293. The number of aromatic nitrogens is 1. The second kappa shape index (κ2) is 4.55. The fraction of sp³-hybridized carbons (Fsp3) is 0.167. The van der Waals surface area contributed by atoms with Gasteiger partial charge in [-0.1, -0.05) is 6.92 Å². The lowest BCUT2D eigenvalue weighted by molar-refractivity contribution is 0.0992. The van der Waals surface area contributed by atoms with Crippen molar-refractivity contribution in [3.05, 3.63) is 29.1 Å². The summed E-state index contributed by atoms with van der Waals surface area (Å²) in [6.07, 6.45) is 0.438. The SMILES string of the molecule is CCC(=O)c1sc(-c2ccc(N)cc2)nc1N. The van der Waals surface area contributed by atoms with E-state index in [2.05, 4.69) is 4.98 Å². The number of anilines is 2. The molecule has 4 nitrogen and oxygen atoms in total. The zero-order valence-electron chi connectivity index (χ0n) is 9.43. The molecule has 0 bridgehead atoms. The summed E-state index contributed by atoms with van der Waals surface area (Å²) in [6.45, 7) is 1.81. The summed E-state index contributed by atoms with van der Waals surface area (Å²) in [5.41, 5.74) is 13.0. The zero-order valence-corrected chi connectivity index (χ0v) is 10.3. The second-order valence-corrected chi connectivity index (χ2v) is 4.63.